The fourth-order valence-corrected chi connectivity index (χ4v) is 3.75. The molecule has 0 fully saturated rings. The van der Waals surface area contributed by atoms with Gasteiger partial charge in [0.1, 0.15) is 35.8 Å². The van der Waals surface area contributed by atoms with E-state index < -0.39 is 17.7 Å². The summed E-state index contributed by atoms with van der Waals surface area (Å²) in [5.41, 5.74) is 0.525. The van der Waals surface area contributed by atoms with Gasteiger partial charge in [0.15, 0.2) is 11.5 Å². The molecule has 0 amide bonds. The van der Waals surface area contributed by atoms with Crippen molar-refractivity contribution in [2.75, 3.05) is 13.2 Å². The zero-order valence-electron chi connectivity index (χ0n) is 16.2. The molecule has 0 aliphatic carbocycles. The van der Waals surface area contributed by atoms with Crippen molar-refractivity contribution in [1.29, 1.82) is 0 Å². The average Bonchev–Trinajstić information content (AvgIpc) is 3.18. The maximum Gasteiger partial charge on any atom is 0.335 e. The van der Waals surface area contributed by atoms with E-state index in [1.54, 1.807) is 18.2 Å². The molecule has 3 heterocycles. The lowest BCUT2D eigenvalue weighted by atomic mass is 10.1. The molecule has 8 nitrogen and oxygen atoms in total. The summed E-state index contributed by atoms with van der Waals surface area (Å²) in [6.45, 7) is 0.591. The summed E-state index contributed by atoms with van der Waals surface area (Å²) >= 11 is 6.32. The van der Waals surface area contributed by atoms with Gasteiger partial charge in [-0.3, -0.25) is 9.78 Å². The quantitative estimate of drug-likeness (QED) is 0.499. The van der Waals surface area contributed by atoms with Crippen LogP contribution in [0.15, 0.2) is 48.7 Å². The van der Waals surface area contributed by atoms with Gasteiger partial charge in [0.2, 0.25) is 0 Å². The van der Waals surface area contributed by atoms with Crippen molar-refractivity contribution in [2.24, 2.45) is 0 Å². The number of carboxylic acid groups (broad SMARTS) is 1. The molecule has 0 saturated carbocycles. The Morgan fingerprint density at radius 1 is 1.12 bits per heavy atom. The fraction of sp³-hybridized carbons (Fsp3) is 0.0909. The SMILES string of the molecule is O=C(O)c1ccc(-c2nn(C(=O)c3c(Cl)ccc4c3OCCO4)c3cccnc23)c(F)c1. The molecule has 0 bridgehead atoms. The number of ether oxygens (including phenoxy) is 2. The molecule has 0 saturated heterocycles. The molecule has 2 aromatic heterocycles. The van der Waals surface area contributed by atoms with Crippen LogP contribution in [-0.2, 0) is 0 Å². The summed E-state index contributed by atoms with van der Waals surface area (Å²) < 4.78 is 27.0. The molecule has 10 heteroatoms. The summed E-state index contributed by atoms with van der Waals surface area (Å²) in [6.07, 6.45) is 1.49. The van der Waals surface area contributed by atoms with E-state index in [1.807, 2.05) is 0 Å². The molecule has 0 spiro atoms. The van der Waals surface area contributed by atoms with Gasteiger partial charge in [-0.05, 0) is 42.5 Å². The molecule has 1 aliphatic rings. The number of carbonyl (C=O) groups excluding carboxylic acids is 1. The molecular formula is C22H13ClFN3O5. The van der Waals surface area contributed by atoms with Crippen molar-refractivity contribution >= 4 is 34.5 Å². The van der Waals surface area contributed by atoms with Crippen molar-refractivity contribution in [3.8, 4) is 22.8 Å². The monoisotopic (exact) mass is 453 g/mol. The van der Waals surface area contributed by atoms with Gasteiger partial charge < -0.3 is 14.6 Å². The van der Waals surface area contributed by atoms with Crippen molar-refractivity contribution in [3.63, 3.8) is 0 Å². The Morgan fingerprint density at radius 2 is 1.94 bits per heavy atom. The zero-order valence-corrected chi connectivity index (χ0v) is 17.0. The largest absolute Gasteiger partial charge is 0.486 e. The number of carboxylic acids is 1. The van der Waals surface area contributed by atoms with Crippen LogP contribution < -0.4 is 9.47 Å². The molecule has 1 aliphatic heterocycles. The van der Waals surface area contributed by atoms with E-state index in [1.165, 1.54) is 24.4 Å². The second-order valence-corrected chi connectivity index (χ2v) is 7.29. The summed E-state index contributed by atoms with van der Waals surface area (Å²) in [5, 5.41) is 13.6. The van der Waals surface area contributed by atoms with Crippen LogP contribution in [0.1, 0.15) is 20.7 Å². The van der Waals surface area contributed by atoms with Crippen LogP contribution in [0.5, 0.6) is 11.5 Å². The third kappa shape index (κ3) is 3.14. The second kappa shape index (κ2) is 7.61. The molecule has 32 heavy (non-hydrogen) atoms. The second-order valence-electron chi connectivity index (χ2n) is 6.88. The van der Waals surface area contributed by atoms with Crippen molar-refractivity contribution in [2.45, 2.75) is 0 Å². The topological polar surface area (TPSA) is 104 Å². The van der Waals surface area contributed by atoms with Gasteiger partial charge in [-0.2, -0.15) is 9.78 Å². The molecule has 4 aromatic rings. The van der Waals surface area contributed by atoms with Crippen LogP contribution in [0.2, 0.25) is 5.02 Å². The van der Waals surface area contributed by atoms with Crippen molar-refractivity contribution < 1.29 is 28.6 Å². The Kier molecular flexibility index (Phi) is 4.75. The van der Waals surface area contributed by atoms with Crippen LogP contribution >= 0.6 is 11.6 Å². The third-order valence-electron chi connectivity index (χ3n) is 4.97. The predicted octanol–water partition coefficient (Wildman–Crippen LogP) is 4.05. The van der Waals surface area contributed by atoms with E-state index in [9.17, 15) is 14.0 Å². The fourth-order valence-electron chi connectivity index (χ4n) is 3.52. The van der Waals surface area contributed by atoms with Crippen LogP contribution in [0.25, 0.3) is 22.3 Å². The Morgan fingerprint density at radius 3 is 2.72 bits per heavy atom. The molecule has 0 unspecified atom stereocenters. The van der Waals surface area contributed by atoms with Gasteiger partial charge >= 0.3 is 5.97 Å². The lowest BCUT2D eigenvalue weighted by molar-refractivity contribution is 0.0696. The van der Waals surface area contributed by atoms with Crippen molar-refractivity contribution in [1.82, 2.24) is 14.8 Å². The van der Waals surface area contributed by atoms with E-state index in [2.05, 4.69) is 10.1 Å². The van der Waals surface area contributed by atoms with E-state index in [0.29, 0.717) is 17.9 Å². The Hall–Kier alpha value is -3.98. The number of carbonyl (C=O) groups is 2. The lowest BCUT2D eigenvalue weighted by Crippen LogP contribution is -2.21. The first-order valence-electron chi connectivity index (χ1n) is 9.45. The number of pyridine rings is 1. The molecule has 5 rings (SSSR count). The highest BCUT2D eigenvalue weighted by Crippen LogP contribution is 2.39. The molecule has 1 N–H and O–H groups in total. The number of nitrogens with zero attached hydrogens (tertiary/aromatic N) is 3. The third-order valence-corrected chi connectivity index (χ3v) is 5.29. The maximum atomic E-state index is 14.8. The summed E-state index contributed by atoms with van der Waals surface area (Å²) in [7, 11) is 0. The Labute approximate surface area is 184 Å². The summed E-state index contributed by atoms with van der Waals surface area (Å²) in [4.78, 5) is 28.9. The first kappa shape index (κ1) is 20.0. The van der Waals surface area contributed by atoms with Crippen LogP contribution in [-0.4, -0.2) is 45.0 Å². The van der Waals surface area contributed by atoms with Crippen LogP contribution in [0.3, 0.4) is 0 Å². The average molecular weight is 454 g/mol. The van der Waals surface area contributed by atoms with Gasteiger partial charge in [-0.15, -0.1) is 0 Å². The highest BCUT2D eigenvalue weighted by Gasteiger charge is 2.28. The number of hydrogen-bond acceptors (Lipinski definition) is 6. The van der Waals surface area contributed by atoms with Gasteiger partial charge in [-0.1, -0.05) is 11.6 Å². The molecule has 160 valence electrons. The minimum Gasteiger partial charge on any atom is -0.486 e. The number of rotatable bonds is 3. The highest BCUT2D eigenvalue weighted by atomic mass is 35.5. The standard InChI is InChI=1S/C22H13ClFN3O5/c23-13-5-6-16-20(32-9-8-31-16)17(13)21(28)27-15-2-1-7-25-19(15)18(26-27)12-4-3-11(22(29)30)10-14(12)24/h1-7,10H,8-9H2,(H,29,30). The van der Waals surface area contributed by atoms with E-state index in [4.69, 9.17) is 26.2 Å². The number of benzene rings is 2. The molecule has 2 aromatic carbocycles. The van der Waals surface area contributed by atoms with E-state index >= 15 is 0 Å². The first-order chi connectivity index (χ1) is 15.5. The summed E-state index contributed by atoms with van der Waals surface area (Å²) in [5.74, 6) is -2.08. The highest BCUT2D eigenvalue weighted by molar-refractivity contribution is 6.34. The van der Waals surface area contributed by atoms with Crippen molar-refractivity contribution in [3.05, 3.63) is 70.6 Å². The number of fused-ring (bicyclic) bond motifs is 2. The Bertz CT molecular complexity index is 1420. The van der Waals surface area contributed by atoms with Gasteiger partial charge in [0.05, 0.1) is 16.1 Å². The molecular weight excluding hydrogens is 441 g/mol. The maximum absolute atomic E-state index is 14.8. The number of aromatic nitrogens is 3. The Balaban J connectivity index is 1.70. The normalized spacial score (nSPS) is 12.7. The number of halogens is 2. The van der Waals surface area contributed by atoms with Gasteiger partial charge in [0, 0.05) is 11.8 Å². The van der Waals surface area contributed by atoms with E-state index in [0.717, 1.165) is 10.7 Å². The minimum absolute atomic E-state index is 0.00557. The first-order valence-corrected chi connectivity index (χ1v) is 9.83. The van der Waals surface area contributed by atoms with Crippen LogP contribution in [0.4, 0.5) is 4.39 Å². The summed E-state index contributed by atoms with van der Waals surface area (Å²) in [6, 6.07) is 9.80. The van der Waals surface area contributed by atoms with Gasteiger partial charge in [-0.25, -0.2) is 9.18 Å². The lowest BCUT2D eigenvalue weighted by Gasteiger charge is -2.21. The van der Waals surface area contributed by atoms with Crippen LogP contribution in [0, 0.1) is 5.82 Å². The number of hydrogen-bond donors (Lipinski definition) is 1. The number of aromatic carboxylic acids is 1. The minimum atomic E-state index is -1.26. The molecule has 0 radical (unpaired) electrons. The zero-order chi connectivity index (χ0) is 22.4. The van der Waals surface area contributed by atoms with Gasteiger partial charge in [0.25, 0.3) is 5.91 Å². The van der Waals surface area contributed by atoms with E-state index in [-0.39, 0.29) is 45.3 Å². The predicted molar refractivity (Wildman–Crippen MR) is 112 cm³/mol. The molecule has 0 atom stereocenters. The smallest absolute Gasteiger partial charge is 0.335 e.